The summed E-state index contributed by atoms with van der Waals surface area (Å²) >= 11 is 0. The van der Waals surface area contributed by atoms with Gasteiger partial charge in [0.1, 0.15) is 0 Å². The molecule has 0 spiro atoms. The first-order valence-corrected chi connectivity index (χ1v) is 1.63. The van der Waals surface area contributed by atoms with E-state index in [2.05, 4.69) is 16.4 Å². The van der Waals surface area contributed by atoms with Gasteiger partial charge in [0.2, 0.25) is 0 Å². The Morgan fingerprint density at radius 3 is 2.50 bits per heavy atom. The van der Waals surface area contributed by atoms with Crippen LogP contribution in [0.25, 0.3) is 0 Å². The van der Waals surface area contributed by atoms with Crippen LogP contribution in [0.4, 0.5) is 4.79 Å². The third kappa shape index (κ3) is 9.12. The Morgan fingerprint density at radius 1 is 1.88 bits per heavy atom. The zero-order chi connectivity index (χ0) is 5.70. The highest BCUT2D eigenvalue weighted by Crippen LogP contribution is 1.66. The minimum Gasteiger partial charge on any atom is -0.437 e. The van der Waals surface area contributed by atoms with Gasteiger partial charge in [-0.05, 0) is 0 Å². The standard InChI is InChI=1S/C4H5NO2.HI/c1-2-3-7-4(5)6;/h1H,3H2,(H2,5,6);1H. The second-order valence-corrected chi connectivity index (χ2v) is 0.812. The topological polar surface area (TPSA) is 52.3 Å². The molecule has 0 aliphatic rings. The highest BCUT2D eigenvalue weighted by atomic mass is 127. The molecule has 0 saturated carbocycles. The lowest BCUT2D eigenvalue weighted by molar-refractivity contribution is 0.171. The van der Waals surface area contributed by atoms with E-state index in [0.29, 0.717) is 0 Å². The summed E-state index contributed by atoms with van der Waals surface area (Å²) in [5.74, 6) is 2.08. The summed E-state index contributed by atoms with van der Waals surface area (Å²) in [7, 11) is 0. The van der Waals surface area contributed by atoms with E-state index in [1.54, 1.807) is 0 Å². The fourth-order valence-electron chi connectivity index (χ4n) is 0.113. The summed E-state index contributed by atoms with van der Waals surface area (Å²) in [6.07, 6.45) is 3.86. The van der Waals surface area contributed by atoms with Crippen LogP contribution >= 0.6 is 24.0 Å². The summed E-state index contributed by atoms with van der Waals surface area (Å²) in [6.45, 7) is -0.0463. The van der Waals surface area contributed by atoms with Gasteiger partial charge in [-0.15, -0.1) is 30.4 Å². The summed E-state index contributed by atoms with van der Waals surface area (Å²) in [5.41, 5.74) is 4.52. The Hall–Kier alpha value is -0.440. The van der Waals surface area contributed by atoms with E-state index in [4.69, 9.17) is 6.42 Å². The predicted octanol–water partition coefficient (Wildman–Crippen LogP) is 0.333. The molecule has 3 nitrogen and oxygen atoms in total. The van der Waals surface area contributed by atoms with Gasteiger partial charge in [-0.1, -0.05) is 5.92 Å². The molecule has 8 heavy (non-hydrogen) atoms. The molecule has 4 heteroatoms. The number of rotatable bonds is 1. The number of carbonyl (C=O) groups is 1. The molecule has 0 bridgehead atoms. The lowest BCUT2D eigenvalue weighted by atomic mass is 10.8. The van der Waals surface area contributed by atoms with Gasteiger partial charge in [-0.25, -0.2) is 4.79 Å². The molecule has 2 N–H and O–H groups in total. The van der Waals surface area contributed by atoms with E-state index in [0.717, 1.165) is 0 Å². The average Bonchev–Trinajstić information content (AvgIpc) is 1.61. The summed E-state index contributed by atoms with van der Waals surface area (Å²) < 4.78 is 4.09. The molecule has 0 aliphatic carbocycles. The number of nitrogens with two attached hydrogens (primary N) is 1. The van der Waals surface area contributed by atoms with Crippen molar-refractivity contribution < 1.29 is 9.53 Å². The SMILES string of the molecule is C#CCOC(N)=O.I. The zero-order valence-electron chi connectivity index (χ0n) is 4.09. The molecular formula is C4H6INO2. The Balaban J connectivity index is 0. The van der Waals surface area contributed by atoms with Gasteiger partial charge in [0.05, 0.1) is 0 Å². The maximum atomic E-state index is 9.66. The van der Waals surface area contributed by atoms with Crippen molar-refractivity contribution in [1.29, 1.82) is 0 Å². The van der Waals surface area contributed by atoms with Crippen LogP contribution in [0, 0.1) is 12.3 Å². The molecule has 0 aromatic carbocycles. The van der Waals surface area contributed by atoms with Crippen molar-refractivity contribution in [3.63, 3.8) is 0 Å². The third-order valence-electron chi connectivity index (χ3n) is 0.298. The van der Waals surface area contributed by atoms with Crippen LogP contribution in [0.2, 0.25) is 0 Å². The molecule has 0 saturated heterocycles. The van der Waals surface area contributed by atoms with Crippen molar-refractivity contribution in [2.24, 2.45) is 5.73 Å². The minimum absolute atomic E-state index is 0. The molecule has 0 unspecified atom stereocenters. The zero-order valence-corrected chi connectivity index (χ0v) is 6.42. The van der Waals surface area contributed by atoms with Crippen LogP contribution in [0.15, 0.2) is 0 Å². The van der Waals surface area contributed by atoms with E-state index in [-0.39, 0.29) is 30.6 Å². The number of halogens is 1. The molecule has 0 heterocycles. The van der Waals surface area contributed by atoms with Crippen molar-refractivity contribution in [1.82, 2.24) is 0 Å². The fraction of sp³-hybridized carbons (Fsp3) is 0.250. The van der Waals surface area contributed by atoms with E-state index in [1.807, 2.05) is 0 Å². The van der Waals surface area contributed by atoms with Crippen molar-refractivity contribution in [2.45, 2.75) is 0 Å². The number of hydrogen-bond donors (Lipinski definition) is 1. The summed E-state index contributed by atoms with van der Waals surface area (Å²) in [6, 6.07) is 0. The van der Waals surface area contributed by atoms with Crippen LogP contribution in [0.1, 0.15) is 0 Å². The molecule has 0 atom stereocenters. The average molecular weight is 227 g/mol. The maximum Gasteiger partial charge on any atom is 0.405 e. The third-order valence-corrected chi connectivity index (χ3v) is 0.298. The Labute approximate surface area is 64.6 Å². The maximum absolute atomic E-state index is 9.66. The van der Waals surface area contributed by atoms with Crippen LogP contribution in [-0.4, -0.2) is 12.7 Å². The molecule has 0 aromatic heterocycles. The first-order valence-electron chi connectivity index (χ1n) is 1.63. The van der Waals surface area contributed by atoms with Gasteiger partial charge >= 0.3 is 6.09 Å². The fourth-order valence-corrected chi connectivity index (χ4v) is 0.113. The van der Waals surface area contributed by atoms with Crippen LogP contribution in [0.5, 0.6) is 0 Å². The number of amides is 1. The normalized spacial score (nSPS) is 5.88. The van der Waals surface area contributed by atoms with Crippen LogP contribution in [-0.2, 0) is 4.74 Å². The van der Waals surface area contributed by atoms with Gasteiger partial charge in [0.25, 0.3) is 0 Å². The van der Waals surface area contributed by atoms with Crippen molar-refractivity contribution >= 4 is 30.1 Å². The van der Waals surface area contributed by atoms with E-state index in [9.17, 15) is 4.79 Å². The highest BCUT2D eigenvalue weighted by Gasteiger charge is 1.84. The first-order chi connectivity index (χ1) is 3.27. The number of ether oxygens (including phenoxy) is 1. The number of hydrogen-bond acceptors (Lipinski definition) is 2. The van der Waals surface area contributed by atoms with E-state index >= 15 is 0 Å². The van der Waals surface area contributed by atoms with Gasteiger partial charge < -0.3 is 10.5 Å². The predicted molar refractivity (Wildman–Crippen MR) is 39.8 cm³/mol. The largest absolute Gasteiger partial charge is 0.437 e. The molecular weight excluding hydrogens is 221 g/mol. The van der Waals surface area contributed by atoms with Gasteiger partial charge in [-0.3, -0.25) is 0 Å². The van der Waals surface area contributed by atoms with Crippen molar-refractivity contribution in [3.05, 3.63) is 0 Å². The van der Waals surface area contributed by atoms with Crippen molar-refractivity contribution in [3.8, 4) is 12.3 Å². The molecule has 0 fully saturated rings. The summed E-state index contributed by atoms with van der Waals surface area (Å²) in [5, 5.41) is 0. The second kappa shape index (κ2) is 6.56. The van der Waals surface area contributed by atoms with E-state index in [1.165, 1.54) is 0 Å². The molecule has 0 radical (unpaired) electrons. The molecule has 46 valence electrons. The lowest BCUT2D eigenvalue weighted by Crippen LogP contribution is -2.12. The smallest absolute Gasteiger partial charge is 0.405 e. The minimum atomic E-state index is -0.835. The molecule has 0 rings (SSSR count). The highest BCUT2D eigenvalue weighted by molar-refractivity contribution is 14.0. The van der Waals surface area contributed by atoms with Crippen molar-refractivity contribution in [2.75, 3.05) is 6.61 Å². The van der Waals surface area contributed by atoms with Gasteiger partial charge in [0, 0.05) is 0 Å². The lowest BCUT2D eigenvalue weighted by Gasteiger charge is -1.88. The van der Waals surface area contributed by atoms with Gasteiger partial charge in [-0.2, -0.15) is 0 Å². The quantitative estimate of drug-likeness (QED) is 0.518. The Morgan fingerprint density at radius 2 is 2.38 bits per heavy atom. The molecule has 0 aromatic rings. The molecule has 0 aliphatic heterocycles. The second-order valence-electron chi connectivity index (χ2n) is 0.812. The Bertz CT molecular complexity index is 107. The Kier molecular flexibility index (Phi) is 8.63. The first kappa shape index (κ1) is 10.5. The van der Waals surface area contributed by atoms with E-state index < -0.39 is 6.09 Å². The van der Waals surface area contributed by atoms with Gasteiger partial charge in [0.15, 0.2) is 6.61 Å². The number of carbonyl (C=O) groups excluding carboxylic acids is 1. The van der Waals surface area contributed by atoms with Crippen LogP contribution < -0.4 is 5.73 Å². The van der Waals surface area contributed by atoms with Crippen LogP contribution in [0.3, 0.4) is 0 Å². The summed E-state index contributed by atoms with van der Waals surface area (Å²) in [4.78, 5) is 9.66. The number of terminal acetylenes is 1. The monoisotopic (exact) mass is 227 g/mol. The number of primary amides is 1. The molecule has 1 amide bonds.